The Morgan fingerprint density at radius 3 is 2.44 bits per heavy atom. The van der Waals surface area contributed by atoms with Gasteiger partial charge in [-0.3, -0.25) is 14.2 Å². The molecule has 2 aromatic heterocycles. The summed E-state index contributed by atoms with van der Waals surface area (Å²) in [7, 11) is 1.56. The quantitative estimate of drug-likeness (QED) is 0.856. The lowest BCUT2D eigenvalue weighted by molar-refractivity contribution is 0.0514. The first-order chi connectivity index (χ1) is 11.9. The predicted molar refractivity (Wildman–Crippen MR) is 86.4 cm³/mol. The summed E-state index contributed by atoms with van der Waals surface area (Å²) in [4.78, 5) is 14.8. The van der Waals surface area contributed by atoms with Crippen LogP contribution in [0, 0.1) is 6.92 Å². The predicted octanol–water partition coefficient (Wildman–Crippen LogP) is 2.87. The molecule has 2 aliphatic rings. The molecule has 0 spiro atoms. The molecule has 2 bridgehead atoms. The molecule has 0 N–H and O–H groups in total. The second-order valence-corrected chi connectivity index (χ2v) is 7.12. The van der Waals surface area contributed by atoms with Crippen LogP contribution < -0.4 is 0 Å². The van der Waals surface area contributed by atoms with Crippen LogP contribution in [0.4, 0.5) is 8.78 Å². The van der Waals surface area contributed by atoms with Crippen LogP contribution in [-0.4, -0.2) is 42.5 Å². The van der Waals surface area contributed by atoms with Crippen molar-refractivity contribution >= 4 is 5.91 Å². The van der Waals surface area contributed by atoms with E-state index < -0.39 is 12.1 Å². The SMILES string of the molecule is Cc1cnn(C2CC3CCC(C2)N3C(=O)c2cn(C)nc2C(F)F)c1. The molecular formula is C17H21F2N5O. The second kappa shape index (κ2) is 5.93. The Hall–Kier alpha value is -2.25. The van der Waals surface area contributed by atoms with Gasteiger partial charge in [0, 0.05) is 31.5 Å². The smallest absolute Gasteiger partial charge is 0.282 e. The van der Waals surface area contributed by atoms with Crippen LogP contribution in [0.3, 0.4) is 0 Å². The number of carbonyl (C=O) groups is 1. The molecule has 0 saturated carbocycles. The fraction of sp³-hybridized carbons (Fsp3) is 0.588. The Kier molecular flexibility index (Phi) is 3.85. The van der Waals surface area contributed by atoms with E-state index in [1.165, 1.54) is 10.9 Å². The number of hydrogen-bond acceptors (Lipinski definition) is 3. The minimum Gasteiger partial charge on any atom is -0.332 e. The van der Waals surface area contributed by atoms with Gasteiger partial charge in [-0.2, -0.15) is 10.2 Å². The summed E-state index contributed by atoms with van der Waals surface area (Å²) in [6.07, 6.45) is 5.98. The number of carbonyl (C=O) groups excluding carboxylic acids is 1. The number of aryl methyl sites for hydroxylation is 2. The molecule has 0 radical (unpaired) electrons. The van der Waals surface area contributed by atoms with E-state index in [1.807, 2.05) is 28.9 Å². The minimum atomic E-state index is -2.75. The van der Waals surface area contributed by atoms with Crippen molar-refractivity contribution in [1.29, 1.82) is 0 Å². The Labute approximate surface area is 144 Å². The lowest BCUT2D eigenvalue weighted by Crippen LogP contribution is -2.47. The van der Waals surface area contributed by atoms with E-state index in [2.05, 4.69) is 10.2 Å². The van der Waals surface area contributed by atoms with Crippen molar-refractivity contribution in [1.82, 2.24) is 24.5 Å². The van der Waals surface area contributed by atoms with Gasteiger partial charge in [0.2, 0.25) is 0 Å². The highest BCUT2D eigenvalue weighted by Gasteiger charge is 2.45. The molecule has 2 aliphatic heterocycles. The summed E-state index contributed by atoms with van der Waals surface area (Å²) < 4.78 is 29.7. The maximum absolute atomic E-state index is 13.2. The minimum absolute atomic E-state index is 0.0304. The van der Waals surface area contributed by atoms with Crippen molar-refractivity contribution in [2.24, 2.45) is 7.05 Å². The van der Waals surface area contributed by atoms with Crippen LogP contribution >= 0.6 is 0 Å². The van der Waals surface area contributed by atoms with Crippen LogP contribution in [0.5, 0.6) is 0 Å². The molecule has 2 fully saturated rings. The van der Waals surface area contributed by atoms with Gasteiger partial charge in [-0.15, -0.1) is 0 Å². The Morgan fingerprint density at radius 1 is 1.20 bits per heavy atom. The number of halogens is 2. The number of rotatable bonds is 3. The lowest BCUT2D eigenvalue weighted by Gasteiger charge is -2.39. The Bertz CT molecular complexity index is 785. The third-order valence-electron chi connectivity index (χ3n) is 5.34. The zero-order chi connectivity index (χ0) is 17.7. The van der Waals surface area contributed by atoms with Gasteiger partial charge in [0.25, 0.3) is 12.3 Å². The number of fused-ring (bicyclic) bond motifs is 2. The number of nitrogens with zero attached hydrogens (tertiary/aromatic N) is 5. The highest BCUT2D eigenvalue weighted by molar-refractivity contribution is 5.96. The Morgan fingerprint density at radius 2 is 1.88 bits per heavy atom. The van der Waals surface area contributed by atoms with Crippen LogP contribution in [0.15, 0.2) is 18.6 Å². The van der Waals surface area contributed by atoms with E-state index in [9.17, 15) is 13.6 Å². The van der Waals surface area contributed by atoms with Crippen molar-refractivity contribution in [3.05, 3.63) is 35.4 Å². The first-order valence-electron chi connectivity index (χ1n) is 8.59. The summed E-state index contributed by atoms with van der Waals surface area (Å²) in [5.41, 5.74) is 0.724. The summed E-state index contributed by atoms with van der Waals surface area (Å²) in [5.74, 6) is -0.314. The van der Waals surface area contributed by atoms with Crippen molar-refractivity contribution in [2.75, 3.05) is 0 Å². The highest BCUT2D eigenvalue weighted by atomic mass is 19.3. The van der Waals surface area contributed by atoms with E-state index in [1.54, 1.807) is 7.05 Å². The van der Waals surface area contributed by atoms with Gasteiger partial charge < -0.3 is 4.90 Å². The number of piperidine rings is 1. The van der Waals surface area contributed by atoms with Crippen LogP contribution in [-0.2, 0) is 7.05 Å². The van der Waals surface area contributed by atoms with Crippen molar-refractivity contribution in [3.63, 3.8) is 0 Å². The molecule has 2 unspecified atom stereocenters. The maximum atomic E-state index is 13.2. The molecule has 2 atom stereocenters. The number of hydrogen-bond donors (Lipinski definition) is 0. The molecule has 2 saturated heterocycles. The first kappa shape index (κ1) is 16.2. The number of amides is 1. The fourth-order valence-corrected chi connectivity index (χ4v) is 4.30. The fourth-order valence-electron chi connectivity index (χ4n) is 4.30. The number of alkyl halides is 2. The van der Waals surface area contributed by atoms with E-state index >= 15 is 0 Å². The number of aromatic nitrogens is 4. The topological polar surface area (TPSA) is 56.0 Å². The molecule has 1 amide bonds. The van der Waals surface area contributed by atoms with Gasteiger partial charge >= 0.3 is 0 Å². The third kappa shape index (κ3) is 2.73. The standard InChI is InChI=1S/C17H21F2N5O/c1-10-7-20-23(8-10)13-5-11-3-4-12(6-13)24(11)17(25)14-9-22(2)21-15(14)16(18)19/h7-9,11-13,16H,3-6H2,1-2H3. The molecule has 2 aromatic rings. The zero-order valence-corrected chi connectivity index (χ0v) is 14.3. The molecule has 0 aliphatic carbocycles. The van der Waals surface area contributed by atoms with Gasteiger partial charge in [0.05, 0.1) is 17.8 Å². The van der Waals surface area contributed by atoms with Gasteiger partial charge in [-0.1, -0.05) is 0 Å². The third-order valence-corrected chi connectivity index (χ3v) is 5.34. The molecule has 4 heterocycles. The maximum Gasteiger partial charge on any atom is 0.282 e. The largest absolute Gasteiger partial charge is 0.332 e. The average molecular weight is 349 g/mol. The molecular weight excluding hydrogens is 328 g/mol. The average Bonchev–Trinajstić information content (AvgIpc) is 3.23. The second-order valence-electron chi connectivity index (χ2n) is 7.12. The van der Waals surface area contributed by atoms with Crippen LogP contribution in [0.1, 0.15) is 59.8 Å². The Balaban J connectivity index is 1.58. The normalized spacial score (nSPS) is 25.8. The summed E-state index contributed by atoms with van der Waals surface area (Å²) in [6.45, 7) is 2.00. The zero-order valence-electron chi connectivity index (χ0n) is 14.3. The molecule has 25 heavy (non-hydrogen) atoms. The van der Waals surface area contributed by atoms with Gasteiger partial charge in [0.15, 0.2) is 0 Å². The summed E-state index contributed by atoms with van der Waals surface area (Å²) >= 11 is 0. The van der Waals surface area contributed by atoms with Gasteiger partial charge in [0.1, 0.15) is 5.69 Å². The summed E-state index contributed by atoms with van der Waals surface area (Å²) in [6, 6.07) is 0.414. The molecule has 0 aromatic carbocycles. The highest BCUT2D eigenvalue weighted by Crippen LogP contribution is 2.42. The molecule has 134 valence electrons. The monoisotopic (exact) mass is 349 g/mol. The van der Waals surface area contributed by atoms with E-state index in [0.29, 0.717) is 0 Å². The van der Waals surface area contributed by atoms with Crippen molar-refractivity contribution in [2.45, 2.75) is 57.2 Å². The van der Waals surface area contributed by atoms with Crippen molar-refractivity contribution < 1.29 is 13.6 Å². The van der Waals surface area contributed by atoms with Crippen molar-refractivity contribution in [3.8, 4) is 0 Å². The van der Waals surface area contributed by atoms with E-state index in [4.69, 9.17) is 0 Å². The summed E-state index contributed by atoms with van der Waals surface area (Å²) in [5, 5.41) is 8.17. The first-order valence-corrected chi connectivity index (χ1v) is 8.59. The molecule has 4 rings (SSSR count). The van der Waals surface area contributed by atoms with E-state index in [-0.39, 0.29) is 29.6 Å². The van der Waals surface area contributed by atoms with Crippen LogP contribution in [0.25, 0.3) is 0 Å². The van der Waals surface area contributed by atoms with Gasteiger partial charge in [-0.05, 0) is 38.2 Å². The van der Waals surface area contributed by atoms with E-state index in [0.717, 1.165) is 31.2 Å². The van der Waals surface area contributed by atoms with Gasteiger partial charge in [-0.25, -0.2) is 8.78 Å². The molecule has 6 nitrogen and oxygen atoms in total. The lowest BCUT2D eigenvalue weighted by atomic mass is 9.96. The molecule has 8 heteroatoms. The van der Waals surface area contributed by atoms with Crippen LogP contribution in [0.2, 0.25) is 0 Å².